The molecule has 0 aromatic heterocycles. The second-order valence-corrected chi connectivity index (χ2v) is 8.73. The second-order valence-electron chi connectivity index (χ2n) is 8.29. The van der Waals surface area contributed by atoms with E-state index in [4.69, 9.17) is 11.6 Å². The number of nitrogens with one attached hydrogen (secondary N) is 1. The molecular weight excluding hydrogens is 346 g/mol. The fourth-order valence-corrected chi connectivity index (χ4v) is 4.30. The molecule has 2 saturated heterocycles. The molecule has 0 aliphatic carbocycles. The summed E-state index contributed by atoms with van der Waals surface area (Å²) in [7, 11) is 0. The average molecular weight is 378 g/mol. The molecule has 144 valence electrons. The molecule has 0 saturated carbocycles. The van der Waals surface area contributed by atoms with Gasteiger partial charge in [0.15, 0.2) is 0 Å². The van der Waals surface area contributed by atoms with Crippen LogP contribution in [0, 0.1) is 17.8 Å². The number of halogens is 1. The third kappa shape index (κ3) is 5.37. The lowest BCUT2D eigenvalue weighted by molar-refractivity contribution is -0.126. The van der Waals surface area contributed by atoms with Crippen LogP contribution in [-0.4, -0.2) is 50.1 Å². The van der Waals surface area contributed by atoms with E-state index in [2.05, 4.69) is 41.1 Å². The van der Waals surface area contributed by atoms with Crippen molar-refractivity contribution >= 4 is 23.2 Å². The first-order chi connectivity index (χ1) is 12.5. The van der Waals surface area contributed by atoms with E-state index in [-0.39, 0.29) is 11.8 Å². The minimum absolute atomic E-state index is 0.201. The molecule has 1 amide bonds. The van der Waals surface area contributed by atoms with E-state index in [1.165, 1.54) is 5.69 Å². The van der Waals surface area contributed by atoms with Crippen LogP contribution in [0.15, 0.2) is 24.3 Å². The molecule has 0 bridgehead atoms. The molecule has 2 fully saturated rings. The monoisotopic (exact) mass is 377 g/mol. The van der Waals surface area contributed by atoms with Crippen molar-refractivity contribution in [3.8, 4) is 0 Å². The van der Waals surface area contributed by atoms with Gasteiger partial charge in [0.05, 0.1) is 0 Å². The fourth-order valence-electron chi connectivity index (χ4n) is 4.17. The van der Waals surface area contributed by atoms with Crippen molar-refractivity contribution in [3.63, 3.8) is 0 Å². The van der Waals surface area contributed by atoms with Gasteiger partial charge in [0.25, 0.3) is 0 Å². The van der Waals surface area contributed by atoms with Crippen LogP contribution in [0.2, 0.25) is 5.02 Å². The lowest BCUT2D eigenvalue weighted by Gasteiger charge is -2.32. The van der Waals surface area contributed by atoms with E-state index in [9.17, 15) is 4.79 Å². The lowest BCUT2D eigenvalue weighted by Crippen LogP contribution is -2.42. The van der Waals surface area contributed by atoms with Crippen LogP contribution in [0.5, 0.6) is 0 Å². The number of piperidine rings is 1. The number of amides is 1. The first-order valence-corrected chi connectivity index (χ1v) is 10.4. The number of anilines is 1. The van der Waals surface area contributed by atoms with Crippen molar-refractivity contribution in [2.75, 3.05) is 44.2 Å². The van der Waals surface area contributed by atoms with E-state index < -0.39 is 0 Å². The number of likely N-dealkylation sites (tertiary alicyclic amines) is 1. The predicted molar refractivity (Wildman–Crippen MR) is 109 cm³/mol. The molecule has 1 unspecified atom stereocenters. The summed E-state index contributed by atoms with van der Waals surface area (Å²) in [5.41, 5.74) is 1.22. The van der Waals surface area contributed by atoms with Crippen molar-refractivity contribution in [3.05, 3.63) is 29.3 Å². The van der Waals surface area contributed by atoms with Gasteiger partial charge < -0.3 is 15.1 Å². The van der Waals surface area contributed by atoms with E-state index in [0.29, 0.717) is 11.8 Å². The summed E-state index contributed by atoms with van der Waals surface area (Å²) in [5.74, 6) is 1.70. The summed E-state index contributed by atoms with van der Waals surface area (Å²) in [6.07, 6.45) is 3.13. The van der Waals surface area contributed by atoms with E-state index in [0.717, 1.165) is 63.6 Å². The Morgan fingerprint density at radius 3 is 2.50 bits per heavy atom. The van der Waals surface area contributed by atoms with Gasteiger partial charge in [0.1, 0.15) is 0 Å². The van der Waals surface area contributed by atoms with Crippen LogP contribution >= 0.6 is 11.6 Å². The van der Waals surface area contributed by atoms with Crippen LogP contribution in [0.25, 0.3) is 0 Å². The van der Waals surface area contributed by atoms with Crippen LogP contribution in [0.1, 0.15) is 33.1 Å². The predicted octanol–water partition coefficient (Wildman–Crippen LogP) is 3.65. The van der Waals surface area contributed by atoms with Gasteiger partial charge in [-0.25, -0.2) is 0 Å². The zero-order chi connectivity index (χ0) is 18.5. The standard InChI is InChI=1S/C21H32ClN3O/c1-16(2)14-24-10-8-18(9-11-24)21(26)23-13-17-7-12-25(15-17)20-5-3-19(22)4-6-20/h3-6,16-18H,7-15H2,1-2H3,(H,23,26). The van der Waals surface area contributed by atoms with Gasteiger partial charge in [-0.05, 0) is 68.5 Å². The molecule has 1 N–H and O–H groups in total. The molecule has 1 aromatic carbocycles. The Hall–Kier alpha value is -1.26. The molecule has 2 heterocycles. The summed E-state index contributed by atoms with van der Waals surface area (Å²) in [6, 6.07) is 8.04. The third-order valence-electron chi connectivity index (χ3n) is 5.62. The largest absolute Gasteiger partial charge is 0.371 e. The van der Waals surface area contributed by atoms with Crippen molar-refractivity contribution in [2.45, 2.75) is 33.1 Å². The minimum Gasteiger partial charge on any atom is -0.371 e. The molecule has 3 rings (SSSR count). The maximum Gasteiger partial charge on any atom is 0.223 e. The molecule has 4 nitrogen and oxygen atoms in total. The van der Waals surface area contributed by atoms with Crippen LogP contribution in [-0.2, 0) is 4.79 Å². The van der Waals surface area contributed by atoms with Crippen LogP contribution in [0.3, 0.4) is 0 Å². The Morgan fingerprint density at radius 2 is 1.85 bits per heavy atom. The molecule has 26 heavy (non-hydrogen) atoms. The maximum absolute atomic E-state index is 12.5. The number of nitrogens with zero attached hydrogens (tertiary/aromatic N) is 2. The van der Waals surface area contributed by atoms with Gasteiger partial charge in [-0.2, -0.15) is 0 Å². The normalized spacial score (nSPS) is 22.2. The minimum atomic E-state index is 0.201. The van der Waals surface area contributed by atoms with Crippen LogP contribution in [0.4, 0.5) is 5.69 Å². The first kappa shape index (κ1) is 19.5. The maximum atomic E-state index is 12.5. The van der Waals surface area contributed by atoms with E-state index in [1.807, 2.05) is 12.1 Å². The Bertz CT molecular complexity index is 581. The SMILES string of the molecule is CC(C)CN1CCC(C(=O)NCC2CCN(c3ccc(Cl)cc3)C2)CC1. The highest BCUT2D eigenvalue weighted by atomic mass is 35.5. The van der Waals surface area contributed by atoms with Crippen molar-refractivity contribution in [1.29, 1.82) is 0 Å². The molecule has 0 spiro atoms. The molecule has 2 aliphatic heterocycles. The zero-order valence-corrected chi connectivity index (χ0v) is 16.8. The van der Waals surface area contributed by atoms with E-state index >= 15 is 0 Å². The van der Waals surface area contributed by atoms with Gasteiger partial charge in [-0.15, -0.1) is 0 Å². The highest BCUT2D eigenvalue weighted by molar-refractivity contribution is 6.30. The lowest BCUT2D eigenvalue weighted by atomic mass is 9.95. The Morgan fingerprint density at radius 1 is 1.15 bits per heavy atom. The molecule has 1 aromatic rings. The van der Waals surface area contributed by atoms with Crippen molar-refractivity contribution in [1.82, 2.24) is 10.2 Å². The van der Waals surface area contributed by atoms with Gasteiger partial charge in [-0.1, -0.05) is 25.4 Å². The molecule has 0 radical (unpaired) electrons. The van der Waals surface area contributed by atoms with Crippen molar-refractivity contribution < 1.29 is 4.79 Å². The topological polar surface area (TPSA) is 35.6 Å². The van der Waals surface area contributed by atoms with Gasteiger partial charge in [0.2, 0.25) is 5.91 Å². The first-order valence-electron chi connectivity index (χ1n) is 10.0. The third-order valence-corrected chi connectivity index (χ3v) is 5.88. The Kier molecular flexibility index (Phi) is 6.82. The summed E-state index contributed by atoms with van der Waals surface area (Å²) < 4.78 is 0. The number of hydrogen-bond acceptors (Lipinski definition) is 3. The Labute approximate surface area is 162 Å². The van der Waals surface area contributed by atoms with Crippen molar-refractivity contribution in [2.24, 2.45) is 17.8 Å². The molecule has 5 heteroatoms. The summed E-state index contributed by atoms with van der Waals surface area (Å²) in [6.45, 7) is 10.6. The molecular formula is C21H32ClN3O. The highest BCUT2D eigenvalue weighted by Gasteiger charge is 2.27. The number of carbonyl (C=O) groups is 1. The number of carbonyl (C=O) groups excluding carboxylic acids is 1. The highest BCUT2D eigenvalue weighted by Crippen LogP contribution is 2.25. The smallest absolute Gasteiger partial charge is 0.223 e. The number of rotatable bonds is 6. The van der Waals surface area contributed by atoms with Crippen LogP contribution < -0.4 is 10.2 Å². The summed E-state index contributed by atoms with van der Waals surface area (Å²) in [5, 5.41) is 4.00. The van der Waals surface area contributed by atoms with Gasteiger partial charge in [0, 0.05) is 42.8 Å². The second kappa shape index (κ2) is 9.09. The van der Waals surface area contributed by atoms with Gasteiger partial charge >= 0.3 is 0 Å². The van der Waals surface area contributed by atoms with E-state index in [1.54, 1.807) is 0 Å². The summed E-state index contributed by atoms with van der Waals surface area (Å²) >= 11 is 5.97. The molecule has 1 atom stereocenters. The number of benzene rings is 1. The molecule has 2 aliphatic rings. The summed E-state index contributed by atoms with van der Waals surface area (Å²) in [4.78, 5) is 17.4. The quantitative estimate of drug-likeness (QED) is 0.821. The fraction of sp³-hybridized carbons (Fsp3) is 0.667. The number of hydrogen-bond donors (Lipinski definition) is 1. The average Bonchev–Trinajstić information content (AvgIpc) is 3.09. The Balaban J connectivity index is 1.38. The zero-order valence-electron chi connectivity index (χ0n) is 16.1. The van der Waals surface area contributed by atoms with Gasteiger partial charge in [-0.3, -0.25) is 4.79 Å².